The average molecular weight is 488 g/mol. The van der Waals surface area contributed by atoms with Gasteiger partial charge < -0.3 is 14.0 Å². The quantitative estimate of drug-likeness (QED) is 0.245. The van der Waals surface area contributed by atoms with Crippen molar-refractivity contribution >= 4 is 40.8 Å². The number of para-hydroxylation sites is 1. The summed E-state index contributed by atoms with van der Waals surface area (Å²) in [6, 6.07) is 26.4. The summed E-state index contributed by atoms with van der Waals surface area (Å²) in [6.45, 7) is 6.02. The van der Waals surface area contributed by atoms with Crippen molar-refractivity contribution in [1.82, 2.24) is 0 Å². The lowest BCUT2D eigenvalue weighted by Crippen LogP contribution is -2.16. The van der Waals surface area contributed by atoms with Gasteiger partial charge in [0, 0.05) is 27.8 Å². The molecule has 5 rings (SSSR count). The highest BCUT2D eigenvalue weighted by atomic mass is 32.1. The predicted molar refractivity (Wildman–Crippen MR) is 143 cm³/mol. The number of fused-ring (bicyclic) bond motifs is 1. The summed E-state index contributed by atoms with van der Waals surface area (Å²) in [5, 5.41) is 5.01. The SMILES string of the molecule is COP(=O)(Nc1cc(-c2ccc(-c3cc4ccccc4o3)cc2)sc1C)c1ccc(C)cc1C. The van der Waals surface area contributed by atoms with E-state index in [0.29, 0.717) is 5.30 Å². The van der Waals surface area contributed by atoms with E-state index in [9.17, 15) is 4.57 Å². The molecule has 0 radical (unpaired) electrons. The van der Waals surface area contributed by atoms with Gasteiger partial charge in [0.15, 0.2) is 0 Å². The highest BCUT2D eigenvalue weighted by molar-refractivity contribution is 7.68. The summed E-state index contributed by atoms with van der Waals surface area (Å²) in [7, 11) is -1.76. The molecule has 1 unspecified atom stereocenters. The molecule has 2 heterocycles. The molecule has 0 bridgehead atoms. The van der Waals surface area contributed by atoms with Crippen molar-refractivity contribution < 1.29 is 13.5 Å². The fourth-order valence-corrected chi connectivity index (χ4v) is 6.97. The van der Waals surface area contributed by atoms with E-state index in [1.807, 2.05) is 63.2 Å². The Kier molecular flexibility index (Phi) is 5.95. The zero-order chi connectivity index (χ0) is 23.9. The maximum Gasteiger partial charge on any atom is 0.323 e. The Morgan fingerprint density at radius 1 is 0.882 bits per heavy atom. The fourth-order valence-electron chi connectivity index (χ4n) is 4.16. The number of aryl methyl sites for hydroxylation is 3. The number of furan rings is 1. The number of rotatable bonds is 6. The molecular weight excluding hydrogens is 461 g/mol. The molecule has 0 saturated heterocycles. The molecule has 0 aliphatic heterocycles. The Bertz CT molecular complexity index is 1500. The summed E-state index contributed by atoms with van der Waals surface area (Å²) in [4.78, 5) is 2.15. The van der Waals surface area contributed by atoms with Gasteiger partial charge in [-0.2, -0.15) is 0 Å². The molecule has 172 valence electrons. The van der Waals surface area contributed by atoms with Crippen LogP contribution in [0.4, 0.5) is 5.69 Å². The highest BCUT2D eigenvalue weighted by Crippen LogP contribution is 2.48. The van der Waals surface area contributed by atoms with Crippen LogP contribution in [0.1, 0.15) is 16.0 Å². The van der Waals surface area contributed by atoms with Crippen molar-refractivity contribution in [2.75, 3.05) is 12.2 Å². The molecule has 0 aliphatic carbocycles. The van der Waals surface area contributed by atoms with Crippen molar-refractivity contribution in [2.24, 2.45) is 0 Å². The number of hydrogen-bond donors (Lipinski definition) is 1. The van der Waals surface area contributed by atoms with Gasteiger partial charge in [0.2, 0.25) is 0 Å². The maximum absolute atomic E-state index is 13.7. The number of anilines is 1. The van der Waals surface area contributed by atoms with Crippen LogP contribution in [-0.2, 0) is 9.09 Å². The summed E-state index contributed by atoms with van der Waals surface area (Å²) in [5.41, 5.74) is 5.92. The van der Waals surface area contributed by atoms with Gasteiger partial charge in [0.1, 0.15) is 11.3 Å². The summed E-state index contributed by atoms with van der Waals surface area (Å²) < 4.78 is 25.3. The Labute approximate surface area is 203 Å². The Morgan fingerprint density at radius 2 is 1.62 bits per heavy atom. The molecule has 0 aliphatic rings. The molecule has 34 heavy (non-hydrogen) atoms. The number of hydrogen-bond acceptors (Lipinski definition) is 4. The molecule has 0 fully saturated rings. The second-order valence-electron chi connectivity index (χ2n) is 8.44. The van der Waals surface area contributed by atoms with Crippen LogP contribution in [0.3, 0.4) is 0 Å². The third kappa shape index (κ3) is 4.23. The minimum atomic E-state index is -3.26. The highest BCUT2D eigenvalue weighted by Gasteiger charge is 2.28. The van der Waals surface area contributed by atoms with Crippen LogP contribution in [-0.4, -0.2) is 7.11 Å². The molecule has 0 spiro atoms. The van der Waals surface area contributed by atoms with Gasteiger partial charge in [-0.05, 0) is 56.2 Å². The first kappa shape index (κ1) is 22.7. The molecule has 1 atom stereocenters. The molecule has 5 aromatic rings. The van der Waals surface area contributed by atoms with Gasteiger partial charge in [-0.15, -0.1) is 11.3 Å². The van der Waals surface area contributed by atoms with Crippen molar-refractivity contribution in [3.05, 3.63) is 94.9 Å². The lowest BCUT2D eigenvalue weighted by Gasteiger charge is -2.20. The van der Waals surface area contributed by atoms with Gasteiger partial charge in [0.05, 0.1) is 11.0 Å². The lowest BCUT2D eigenvalue weighted by atomic mass is 10.1. The minimum Gasteiger partial charge on any atom is -0.456 e. The first-order valence-electron chi connectivity index (χ1n) is 11.1. The van der Waals surface area contributed by atoms with Crippen LogP contribution in [0.15, 0.2) is 83.3 Å². The van der Waals surface area contributed by atoms with Crippen LogP contribution in [0, 0.1) is 20.8 Å². The molecule has 2 aromatic heterocycles. The average Bonchev–Trinajstić information content (AvgIpc) is 3.42. The normalized spacial score (nSPS) is 13.2. The summed E-state index contributed by atoms with van der Waals surface area (Å²) in [5.74, 6) is 0.854. The van der Waals surface area contributed by atoms with Gasteiger partial charge in [-0.25, -0.2) is 0 Å². The van der Waals surface area contributed by atoms with E-state index in [0.717, 1.165) is 54.4 Å². The third-order valence-corrected chi connectivity index (χ3v) is 9.28. The topological polar surface area (TPSA) is 51.5 Å². The standard InChI is InChI=1S/C28H26NO3PS/c1-18-9-14-27(19(2)15-18)33(30,31-4)29-24-17-28(34-20(24)3)22-12-10-21(11-13-22)26-16-23-7-5-6-8-25(23)32-26/h5-17H,1-4H3,(H,29,30). The van der Waals surface area contributed by atoms with Gasteiger partial charge in [-0.3, -0.25) is 4.57 Å². The molecule has 6 heteroatoms. The Balaban J connectivity index is 1.42. The number of benzene rings is 3. The minimum absolute atomic E-state index is 0.697. The van der Waals surface area contributed by atoms with Crippen molar-refractivity contribution in [3.63, 3.8) is 0 Å². The largest absolute Gasteiger partial charge is 0.456 e. The predicted octanol–water partition coefficient (Wildman–Crippen LogP) is 8.33. The van der Waals surface area contributed by atoms with Gasteiger partial charge >= 0.3 is 7.52 Å². The van der Waals surface area contributed by atoms with Crippen LogP contribution in [0.2, 0.25) is 0 Å². The van der Waals surface area contributed by atoms with E-state index in [2.05, 4.69) is 41.5 Å². The van der Waals surface area contributed by atoms with Crippen LogP contribution >= 0.6 is 18.9 Å². The molecule has 0 amide bonds. The molecule has 3 aromatic carbocycles. The van der Waals surface area contributed by atoms with Crippen LogP contribution in [0.25, 0.3) is 32.7 Å². The zero-order valence-electron chi connectivity index (χ0n) is 19.6. The zero-order valence-corrected chi connectivity index (χ0v) is 21.3. The maximum atomic E-state index is 13.7. The van der Waals surface area contributed by atoms with Crippen molar-refractivity contribution in [1.29, 1.82) is 0 Å². The molecule has 0 saturated carbocycles. The van der Waals surface area contributed by atoms with Crippen LogP contribution < -0.4 is 10.4 Å². The first-order valence-corrected chi connectivity index (χ1v) is 13.5. The van der Waals surface area contributed by atoms with Crippen molar-refractivity contribution in [2.45, 2.75) is 20.8 Å². The second-order valence-corrected chi connectivity index (χ2v) is 11.9. The van der Waals surface area contributed by atoms with Crippen molar-refractivity contribution in [3.8, 4) is 21.8 Å². The lowest BCUT2D eigenvalue weighted by molar-refractivity contribution is 0.407. The Hall–Kier alpha value is -3.11. The van der Waals surface area contributed by atoms with E-state index in [4.69, 9.17) is 8.94 Å². The summed E-state index contributed by atoms with van der Waals surface area (Å²) in [6.07, 6.45) is 0. The third-order valence-electron chi connectivity index (χ3n) is 5.99. The van der Waals surface area contributed by atoms with Gasteiger partial charge in [-0.1, -0.05) is 60.2 Å². The number of nitrogens with one attached hydrogen (secondary N) is 1. The second kappa shape index (κ2) is 8.92. The van der Waals surface area contributed by atoms with E-state index in [1.54, 1.807) is 11.3 Å². The first-order chi connectivity index (χ1) is 16.4. The Morgan fingerprint density at radius 3 is 2.32 bits per heavy atom. The molecule has 1 N–H and O–H groups in total. The van der Waals surface area contributed by atoms with Gasteiger partial charge in [0.25, 0.3) is 0 Å². The summed E-state index contributed by atoms with van der Waals surface area (Å²) >= 11 is 1.66. The van der Waals surface area contributed by atoms with E-state index >= 15 is 0 Å². The fraction of sp³-hybridized carbons (Fsp3) is 0.143. The number of thiophene rings is 1. The van der Waals surface area contributed by atoms with E-state index in [-0.39, 0.29) is 0 Å². The van der Waals surface area contributed by atoms with E-state index in [1.165, 1.54) is 7.11 Å². The molecular formula is C28H26NO3PS. The molecule has 4 nitrogen and oxygen atoms in total. The van der Waals surface area contributed by atoms with E-state index < -0.39 is 7.52 Å². The van der Waals surface area contributed by atoms with Crippen LogP contribution in [0.5, 0.6) is 0 Å². The monoisotopic (exact) mass is 487 g/mol. The smallest absolute Gasteiger partial charge is 0.323 e.